The van der Waals surface area contributed by atoms with Crippen LogP contribution >= 0.6 is 34.7 Å². The Balaban J connectivity index is 2.02. The molecule has 88 valence electrons. The van der Waals surface area contributed by atoms with Gasteiger partial charge >= 0.3 is 0 Å². The highest BCUT2D eigenvalue weighted by Crippen LogP contribution is 2.49. The number of fused-ring (bicyclic) bond motifs is 2. The summed E-state index contributed by atoms with van der Waals surface area (Å²) in [5, 5.41) is 4.45. The van der Waals surface area contributed by atoms with Crippen molar-refractivity contribution in [2.24, 2.45) is 0 Å². The molecular weight excluding hydrogens is 270 g/mol. The first-order valence-corrected chi connectivity index (χ1v) is 7.86. The number of anilines is 2. The molecule has 1 aromatic carbocycles. The molecule has 0 radical (unpaired) electrons. The number of halogens is 1. The van der Waals surface area contributed by atoms with Crippen molar-refractivity contribution >= 4 is 46.1 Å². The van der Waals surface area contributed by atoms with Gasteiger partial charge in [-0.1, -0.05) is 23.9 Å². The highest BCUT2D eigenvalue weighted by molar-refractivity contribution is 7.99. The topological polar surface area (TPSA) is 3.24 Å². The number of hydrogen-bond acceptors (Lipinski definition) is 3. The first-order chi connectivity index (χ1) is 8.40. The molecule has 0 atom stereocenters. The van der Waals surface area contributed by atoms with Gasteiger partial charge in [0.15, 0.2) is 0 Å². The quantitative estimate of drug-likeness (QED) is 0.730. The van der Waals surface area contributed by atoms with Crippen molar-refractivity contribution in [3.8, 4) is 0 Å². The summed E-state index contributed by atoms with van der Waals surface area (Å²) < 4.78 is 0. The van der Waals surface area contributed by atoms with Crippen molar-refractivity contribution in [1.29, 1.82) is 0 Å². The highest BCUT2D eigenvalue weighted by atomic mass is 35.5. The maximum Gasteiger partial charge on any atom is 0.0661 e. The van der Waals surface area contributed by atoms with Gasteiger partial charge in [0.25, 0.3) is 0 Å². The summed E-state index contributed by atoms with van der Waals surface area (Å²) in [4.78, 5) is 5.09. The van der Waals surface area contributed by atoms with E-state index in [2.05, 4.69) is 39.9 Å². The molecule has 1 aromatic heterocycles. The zero-order chi connectivity index (χ0) is 11.7. The number of nitrogens with zero attached hydrogens (tertiary/aromatic N) is 1. The van der Waals surface area contributed by atoms with E-state index in [9.17, 15) is 0 Å². The maximum absolute atomic E-state index is 5.82. The first kappa shape index (κ1) is 11.5. The molecule has 0 N–H and O–H groups in total. The van der Waals surface area contributed by atoms with Gasteiger partial charge in [0.1, 0.15) is 0 Å². The van der Waals surface area contributed by atoms with Crippen LogP contribution in [0, 0.1) is 0 Å². The smallest absolute Gasteiger partial charge is 0.0661 e. The van der Waals surface area contributed by atoms with E-state index in [1.807, 2.05) is 11.8 Å². The summed E-state index contributed by atoms with van der Waals surface area (Å²) in [6.45, 7) is 0.991. The molecule has 0 aliphatic carbocycles. The Morgan fingerprint density at radius 1 is 1.06 bits per heavy atom. The molecule has 0 saturated heterocycles. The van der Waals surface area contributed by atoms with Gasteiger partial charge in [0.05, 0.1) is 11.4 Å². The molecule has 1 aliphatic heterocycles. The Morgan fingerprint density at radius 3 is 2.82 bits per heavy atom. The average Bonchev–Trinajstić information content (AvgIpc) is 2.82. The van der Waals surface area contributed by atoms with E-state index < -0.39 is 0 Å². The van der Waals surface area contributed by atoms with Crippen LogP contribution in [0.15, 0.2) is 44.8 Å². The van der Waals surface area contributed by atoms with Crippen molar-refractivity contribution in [2.45, 2.75) is 16.2 Å². The predicted molar refractivity (Wildman–Crippen MR) is 77.2 cm³/mol. The molecule has 4 heteroatoms. The van der Waals surface area contributed by atoms with Gasteiger partial charge in [-0.25, -0.2) is 0 Å². The van der Waals surface area contributed by atoms with Gasteiger partial charge in [-0.2, -0.15) is 0 Å². The summed E-state index contributed by atoms with van der Waals surface area (Å²) in [6, 6.07) is 8.58. The SMILES string of the molecule is ClCCCN1c2ccccc2Sc2cscc21. The van der Waals surface area contributed by atoms with E-state index in [0.29, 0.717) is 5.88 Å². The average molecular weight is 282 g/mol. The fourth-order valence-electron chi connectivity index (χ4n) is 2.03. The summed E-state index contributed by atoms with van der Waals surface area (Å²) in [5.74, 6) is 0.714. The third-order valence-corrected chi connectivity index (χ3v) is 5.05. The second-order valence-electron chi connectivity index (χ2n) is 3.89. The fraction of sp³-hybridized carbons (Fsp3) is 0.231. The maximum atomic E-state index is 5.82. The van der Waals surface area contributed by atoms with Gasteiger partial charge in [-0.05, 0) is 18.6 Å². The van der Waals surface area contributed by atoms with Crippen LogP contribution in [0.1, 0.15) is 6.42 Å². The Bertz CT molecular complexity index is 524. The number of thiophene rings is 1. The van der Waals surface area contributed by atoms with E-state index in [-0.39, 0.29) is 0 Å². The van der Waals surface area contributed by atoms with E-state index in [0.717, 1.165) is 13.0 Å². The molecular formula is C13H12ClNS2. The molecule has 17 heavy (non-hydrogen) atoms. The van der Waals surface area contributed by atoms with Crippen molar-refractivity contribution in [2.75, 3.05) is 17.3 Å². The van der Waals surface area contributed by atoms with Gasteiger partial charge in [0.2, 0.25) is 0 Å². The lowest BCUT2D eigenvalue weighted by Crippen LogP contribution is -2.21. The lowest BCUT2D eigenvalue weighted by atomic mass is 10.2. The van der Waals surface area contributed by atoms with E-state index in [1.54, 1.807) is 11.3 Å². The minimum Gasteiger partial charge on any atom is -0.339 e. The standard InChI is InChI=1S/C13H12ClNS2/c14-6-3-7-15-10-4-1-2-5-12(10)17-13-9-16-8-11(13)15/h1-2,4-5,8-9H,3,6-7H2. The highest BCUT2D eigenvalue weighted by Gasteiger charge is 2.23. The molecule has 3 rings (SSSR count). The second kappa shape index (κ2) is 4.92. The molecule has 0 unspecified atom stereocenters. The van der Waals surface area contributed by atoms with E-state index in [4.69, 9.17) is 11.6 Å². The Kier molecular flexibility index (Phi) is 3.32. The third kappa shape index (κ3) is 2.07. The largest absolute Gasteiger partial charge is 0.339 e. The lowest BCUT2D eigenvalue weighted by Gasteiger charge is -2.30. The number of benzene rings is 1. The van der Waals surface area contributed by atoms with Crippen LogP contribution in [0.25, 0.3) is 0 Å². The summed E-state index contributed by atoms with van der Waals surface area (Å²) >= 11 is 9.45. The van der Waals surface area contributed by atoms with Gasteiger partial charge in [-0.15, -0.1) is 22.9 Å². The van der Waals surface area contributed by atoms with Crippen molar-refractivity contribution < 1.29 is 0 Å². The lowest BCUT2D eigenvalue weighted by molar-refractivity contribution is 0.874. The van der Waals surface area contributed by atoms with Crippen LogP contribution in [0.4, 0.5) is 11.4 Å². The third-order valence-electron chi connectivity index (χ3n) is 2.79. The summed E-state index contributed by atoms with van der Waals surface area (Å²) in [5.41, 5.74) is 2.65. The minimum atomic E-state index is 0.714. The van der Waals surface area contributed by atoms with Crippen LogP contribution in [0.5, 0.6) is 0 Å². The van der Waals surface area contributed by atoms with Crippen LogP contribution in [-0.4, -0.2) is 12.4 Å². The number of rotatable bonds is 3. The summed E-state index contributed by atoms with van der Waals surface area (Å²) in [6.07, 6.45) is 1.01. The van der Waals surface area contributed by atoms with E-state index >= 15 is 0 Å². The molecule has 2 heterocycles. The molecule has 0 spiro atoms. The van der Waals surface area contributed by atoms with Crippen LogP contribution in [-0.2, 0) is 0 Å². The van der Waals surface area contributed by atoms with Crippen LogP contribution < -0.4 is 4.90 Å². The Morgan fingerprint density at radius 2 is 1.94 bits per heavy atom. The van der Waals surface area contributed by atoms with Crippen LogP contribution in [0.3, 0.4) is 0 Å². The van der Waals surface area contributed by atoms with Gasteiger partial charge in [-0.3, -0.25) is 0 Å². The van der Waals surface area contributed by atoms with E-state index in [1.165, 1.54) is 21.2 Å². The van der Waals surface area contributed by atoms with Gasteiger partial charge < -0.3 is 4.90 Å². The van der Waals surface area contributed by atoms with Crippen molar-refractivity contribution in [3.05, 3.63) is 35.0 Å². The molecule has 0 bridgehead atoms. The summed E-state index contributed by atoms with van der Waals surface area (Å²) in [7, 11) is 0. The predicted octanol–water partition coefficient (Wildman–Crippen LogP) is 4.98. The molecule has 0 saturated carbocycles. The van der Waals surface area contributed by atoms with Gasteiger partial charge in [0, 0.05) is 33.0 Å². The minimum absolute atomic E-state index is 0.714. The zero-order valence-corrected chi connectivity index (χ0v) is 11.6. The normalized spacial score (nSPS) is 13.4. The fourth-order valence-corrected chi connectivity index (χ4v) is 4.21. The van der Waals surface area contributed by atoms with Crippen molar-refractivity contribution in [3.63, 3.8) is 0 Å². The first-order valence-electron chi connectivity index (χ1n) is 5.57. The number of alkyl halides is 1. The second-order valence-corrected chi connectivity index (χ2v) is 6.09. The molecule has 0 fully saturated rings. The van der Waals surface area contributed by atoms with Crippen molar-refractivity contribution in [1.82, 2.24) is 0 Å². The Labute approximate surface area is 114 Å². The number of para-hydroxylation sites is 1. The molecule has 1 nitrogen and oxygen atoms in total. The van der Waals surface area contributed by atoms with Crippen LogP contribution in [0.2, 0.25) is 0 Å². The molecule has 1 aliphatic rings. The monoisotopic (exact) mass is 281 g/mol. The number of hydrogen-bond donors (Lipinski definition) is 0. The molecule has 2 aromatic rings. The molecule has 0 amide bonds. The zero-order valence-electron chi connectivity index (χ0n) is 9.23. The Hall–Kier alpha value is -0.640.